The van der Waals surface area contributed by atoms with Crippen molar-refractivity contribution in [3.63, 3.8) is 0 Å². The lowest BCUT2D eigenvalue weighted by Crippen LogP contribution is -2.18. The second-order valence-corrected chi connectivity index (χ2v) is 4.34. The summed E-state index contributed by atoms with van der Waals surface area (Å²) in [6.45, 7) is 0. The van der Waals surface area contributed by atoms with Crippen molar-refractivity contribution < 1.29 is 4.42 Å². The molecule has 5 nitrogen and oxygen atoms in total. The molecule has 0 atom stereocenters. The van der Waals surface area contributed by atoms with Crippen LogP contribution in [0.15, 0.2) is 33.9 Å². The normalized spacial score (nSPS) is 10.2. The molecule has 0 aliphatic carbocycles. The van der Waals surface area contributed by atoms with Crippen LogP contribution >= 0.6 is 24.0 Å². The van der Waals surface area contributed by atoms with E-state index < -0.39 is 0 Å². The first-order chi connectivity index (χ1) is 8.19. The molecule has 2 aromatic rings. The quantitative estimate of drug-likeness (QED) is 0.650. The van der Waals surface area contributed by atoms with Crippen molar-refractivity contribution >= 4 is 34.8 Å². The molecular formula is C10H10N4OS2. The minimum absolute atomic E-state index is 0.220. The van der Waals surface area contributed by atoms with Gasteiger partial charge in [-0.15, -0.1) is 10.2 Å². The predicted molar refractivity (Wildman–Crippen MR) is 71.9 cm³/mol. The van der Waals surface area contributed by atoms with E-state index >= 15 is 0 Å². The second-order valence-electron chi connectivity index (χ2n) is 3.15. The summed E-state index contributed by atoms with van der Waals surface area (Å²) >= 11 is 6.17. The van der Waals surface area contributed by atoms with Gasteiger partial charge in [0.05, 0.1) is 0 Å². The van der Waals surface area contributed by atoms with Crippen LogP contribution in [-0.4, -0.2) is 21.6 Å². The van der Waals surface area contributed by atoms with Gasteiger partial charge in [-0.05, 0) is 36.7 Å². The Morgan fingerprint density at radius 2 is 2.29 bits per heavy atom. The van der Waals surface area contributed by atoms with Crippen LogP contribution in [0.1, 0.15) is 0 Å². The van der Waals surface area contributed by atoms with Crippen molar-refractivity contribution in [2.45, 2.75) is 5.22 Å². The third-order valence-electron chi connectivity index (χ3n) is 1.96. The van der Waals surface area contributed by atoms with Crippen LogP contribution in [0, 0.1) is 0 Å². The Labute approximate surface area is 108 Å². The predicted octanol–water partition coefficient (Wildman–Crippen LogP) is 2.11. The molecule has 0 bridgehead atoms. The average Bonchev–Trinajstić information content (AvgIpc) is 2.77. The summed E-state index contributed by atoms with van der Waals surface area (Å²) in [6.07, 6.45) is 1.88. The van der Waals surface area contributed by atoms with Gasteiger partial charge in [0, 0.05) is 11.3 Å². The number of thioether (sulfide) groups is 1. The highest BCUT2D eigenvalue weighted by Crippen LogP contribution is 2.23. The van der Waals surface area contributed by atoms with E-state index in [2.05, 4.69) is 15.5 Å². The number of aromatic nitrogens is 2. The molecule has 2 rings (SSSR count). The number of nitrogens with zero attached hydrogens (tertiary/aromatic N) is 2. The number of benzene rings is 1. The molecule has 7 heteroatoms. The molecule has 1 aromatic heterocycles. The SMILES string of the molecule is CSc1nnc(-c2cccc(NC(N)=S)c2)o1. The number of nitrogens with one attached hydrogen (secondary N) is 1. The Morgan fingerprint density at radius 3 is 2.94 bits per heavy atom. The molecule has 0 spiro atoms. The van der Waals surface area contributed by atoms with Crippen molar-refractivity contribution in [1.29, 1.82) is 0 Å². The van der Waals surface area contributed by atoms with Crippen LogP contribution in [0.25, 0.3) is 11.5 Å². The number of hydrogen-bond acceptors (Lipinski definition) is 5. The maximum atomic E-state index is 5.43. The van der Waals surface area contributed by atoms with Crippen LogP contribution < -0.4 is 11.1 Å². The van der Waals surface area contributed by atoms with Gasteiger partial charge in [0.2, 0.25) is 5.89 Å². The van der Waals surface area contributed by atoms with E-state index in [1.54, 1.807) is 0 Å². The molecule has 0 unspecified atom stereocenters. The van der Waals surface area contributed by atoms with Gasteiger partial charge in [-0.2, -0.15) is 0 Å². The Bertz CT molecular complexity index is 541. The van der Waals surface area contributed by atoms with E-state index in [0.717, 1.165) is 11.3 Å². The number of rotatable bonds is 3. The molecule has 88 valence electrons. The smallest absolute Gasteiger partial charge is 0.276 e. The Hall–Kier alpha value is -1.60. The highest BCUT2D eigenvalue weighted by atomic mass is 32.2. The Balaban J connectivity index is 2.29. The molecule has 0 saturated carbocycles. The molecule has 1 heterocycles. The van der Waals surface area contributed by atoms with E-state index in [1.165, 1.54) is 11.8 Å². The molecule has 1 aromatic carbocycles. The number of anilines is 1. The fraction of sp³-hybridized carbons (Fsp3) is 0.100. The third kappa shape index (κ3) is 2.95. The zero-order chi connectivity index (χ0) is 12.3. The van der Waals surface area contributed by atoms with E-state index in [1.807, 2.05) is 30.5 Å². The molecule has 0 radical (unpaired) electrons. The minimum atomic E-state index is 0.220. The first kappa shape index (κ1) is 11.9. The summed E-state index contributed by atoms with van der Waals surface area (Å²) in [5, 5.41) is 11.4. The number of nitrogens with two attached hydrogens (primary N) is 1. The van der Waals surface area contributed by atoms with Crippen molar-refractivity contribution in [3.05, 3.63) is 24.3 Å². The summed E-state index contributed by atoms with van der Waals surface area (Å²) in [4.78, 5) is 0. The molecule has 0 fully saturated rings. The van der Waals surface area contributed by atoms with Crippen LogP contribution in [0.5, 0.6) is 0 Å². The van der Waals surface area contributed by atoms with Gasteiger partial charge < -0.3 is 15.5 Å². The highest BCUT2D eigenvalue weighted by molar-refractivity contribution is 7.98. The Morgan fingerprint density at radius 1 is 1.47 bits per heavy atom. The maximum absolute atomic E-state index is 5.43. The van der Waals surface area contributed by atoms with Crippen molar-refractivity contribution in [2.24, 2.45) is 5.73 Å². The standard InChI is InChI=1S/C10H10N4OS2/c1-17-10-14-13-8(15-10)6-3-2-4-7(5-6)12-9(11)16/h2-5H,1H3,(H3,11,12,16). The lowest BCUT2D eigenvalue weighted by atomic mass is 10.2. The van der Waals surface area contributed by atoms with Gasteiger partial charge in [0.1, 0.15) is 0 Å². The van der Waals surface area contributed by atoms with Crippen LogP contribution in [-0.2, 0) is 0 Å². The van der Waals surface area contributed by atoms with Gasteiger partial charge in [-0.3, -0.25) is 0 Å². The van der Waals surface area contributed by atoms with E-state index in [9.17, 15) is 0 Å². The fourth-order valence-corrected chi connectivity index (χ4v) is 1.68. The van der Waals surface area contributed by atoms with Gasteiger partial charge >= 0.3 is 0 Å². The first-order valence-corrected chi connectivity index (χ1v) is 6.36. The monoisotopic (exact) mass is 266 g/mol. The largest absolute Gasteiger partial charge is 0.411 e. The fourth-order valence-electron chi connectivity index (χ4n) is 1.28. The third-order valence-corrected chi connectivity index (χ3v) is 2.57. The van der Waals surface area contributed by atoms with Crippen molar-refractivity contribution in [1.82, 2.24) is 10.2 Å². The average molecular weight is 266 g/mol. The lowest BCUT2D eigenvalue weighted by Gasteiger charge is -2.04. The van der Waals surface area contributed by atoms with Gasteiger partial charge in [0.25, 0.3) is 5.22 Å². The molecular weight excluding hydrogens is 256 g/mol. The van der Waals surface area contributed by atoms with Gasteiger partial charge in [0.15, 0.2) is 5.11 Å². The zero-order valence-electron chi connectivity index (χ0n) is 9.01. The van der Waals surface area contributed by atoms with Gasteiger partial charge in [-0.25, -0.2) is 0 Å². The van der Waals surface area contributed by atoms with Crippen LogP contribution in [0.3, 0.4) is 0 Å². The Kier molecular flexibility index (Phi) is 3.60. The topological polar surface area (TPSA) is 77.0 Å². The molecule has 3 N–H and O–H groups in total. The van der Waals surface area contributed by atoms with Gasteiger partial charge in [-0.1, -0.05) is 17.8 Å². The first-order valence-electron chi connectivity index (χ1n) is 4.73. The molecule has 0 aliphatic heterocycles. The summed E-state index contributed by atoms with van der Waals surface area (Å²) in [7, 11) is 0. The molecule has 0 amide bonds. The van der Waals surface area contributed by atoms with E-state index in [-0.39, 0.29) is 5.11 Å². The van der Waals surface area contributed by atoms with Crippen LogP contribution in [0.4, 0.5) is 5.69 Å². The molecule has 0 aliphatic rings. The number of thiocarbonyl (C=S) groups is 1. The van der Waals surface area contributed by atoms with Crippen molar-refractivity contribution in [3.8, 4) is 11.5 Å². The lowest BCUT2D eigenvalue weighted by molar-refractivity contribution is 0.466. The maximum Gasteiger partial charge on any atom is 0.276 e. The van der Waals surface area contributed by atoms with E-state index in [0.29, 0.717) is 11.1 Å². The minimum Gasteiger partial charge on any atom is -0.411 e. The molecule has 0 saturated heterocycles. The zero-order valence-corrected chi connectivity index (χ0v) is 10.6. The second kappa shape index (κ2) is 5.15. The summed E-state index contributed by atoms with van der Waals surface area (Å²) in [6, 6.07) is 7.44. The molecule has 17 heavy (non-hydrogen) atoms. The summed E-state index contributed by atoms with van der Waals surface area (Å²) in [5.41, 5.74) is 7.01. The van der Waals surface area contributed by atoms with Crippen LogP contribution in [0.2, 0.25) is 0 Å². The summed E-state index contributed by atoms with van der Waals surface area (Å²) < 4.78 is 5.43. The summed E-state index contributed by atoms with van der Waals surface area (Å²) in [5.74, 6) is 0.473. The van der Waals surface area contributed by atoms with Crippen molar-refractivity contribution in [2.75, 3.05) is 11.6 Å². The van der Waals surface area contributed by atoms with E-state index in [4.69, 9.17) is 22.4 Å². The number of hydrogen-bond donors (Lipinski definition) is 2. The highest BCUT2D eigenvalue weighted by Gasteiger charge is 2.08.